The van der Waals surface area contributed by atoms with Crippen LogP contribution in [0.3, 0.4) is 0 Å². The quantitative estimate of drug-likeness (QED) is 0.638. The Morgan fingerprint density at radius 1 is 1.06 bits per heavy atom. The summed E-state index contributed by atoms with van der Waals surface area (Å²) < 4.78 is 5.58. The monoisotopic (exact) mass is 491 g/mol. The minimum absolute atomic E-state index is 0.126. The van der Waals surface area contributed by atoms with Crippen molar-refractivity contribution in [2.45, 2.75) is 77.0 Å². The van der Waals surface area contributed by atoms with Crippen LogP contribution in [0.4, 0.5) is 10.5 Å². The SMILES string of the molecule is CC(C)(C)OC(=O)N1CCC2(CCCN2Cc2cc(Cl)cc(N3CCC(C(=O)O)CC3)c2)CC1. The van der Waals surface area contributed by atoms with Gasteiger partial charge in [-0.15, -0.1) is 0 Å². The number of benzene rings is 1. The van der Waals surface area contributed by atoms with Gasteiger partial charge in [0.25, 0.3) is 0 Å². The molecule has 1 N–H and O–H groups in total. The minimum atomic E-state index is -0.691. The molecule has 0 radical (unpaired) electrons. The van der Waals surface area contributed by atoms with Crippen LogP contribution in [-0.4, -0.2) is 70.8 Å². The lowest BCUT2D eigenvalue weighted by Gasteiger charge is -2.45. The van der Waals surface area contributed by atoms with Gasteiger partial charge in [-0.05, 0) is 89.6 Å². The number of carboxylic acids is 1. The second-order valence-corrected chi connectivity index (χ2v) is 11.6. The highest BCUT2D eigenvalue weighted by Gasteiger charge is 2.44. The van der Waals surface area contributed by atoms with Crippen molar-refractivity contribution in [2.24, 2.45) is 5.92 Å². The highest BCUT2D eigenvalue weighted by Crippen LogP contribution is 2.40. The van der Waals surface area contributed by atoms with Crippen molar-refractivity contribution in [3.05, 3.63) is 28.8 Å². The number of rotatable bonds is 4. The Morgan fingerprint density at radius 3 is 2.35 bits per heavy atom. The molecule has 1 aromatic rings. The van der Waals surface area contributed by atoms with Crippen LogP contribution in [-0.2, 0) is 16.1 Å². The predicted molar refractivity (Wildman–Crippen MR) is 133 cm³/mol. The first-order chi connectivity index (χ1) is 16.0. The number of carboxylic acid groups (broad SMARTS) is 1. The van der Waals surface area contributed by atoms with Crippen LogP contribution in [0.25, 0.3) is 0 Å². The van der Waals surface area contributed by atoms with E-state index in [-0.39, 0.29) is 17.6 Å². The Bertz CT molecular complexity index is 900. The molecule has 3 aliphatic heterocycles. The van der Waals surface area contributed by atoms with E-state index in [4.69, 9.17) is 16.3 Å². The lowest BCUT2D eigenvalue weighted by atomic mass is 9.85. The van der Waals surface area contributed by atoms with Crippen molar-refractivity contribution in [3.8, 4) is 0 Å². The summed E-state index contributed by atoms with van der Waals surface area (Å²) in [5.41, 5.74) is 1.93. The minimum Gasteiger partial charge on any atom is -0.481 e. The molecule has 0 atom stereocenters. The average molecular weight is 492 g/mol. The first-order valence-electron chi connectivity index (χ1n) is 12.5. The van der Waals surface area contributed by atoms with Crippen molar-refractivity contribution >= 4 is 29.4 Å². The van der Waals surface area contributed by atoms with Crippen LogP contribution in [0, 0.1) is 5.92 Å². The Balaban J connectivity index is 1.40. The number of hydrogen-bond acceptors (Lipinski definition) is 5. The van der Waals surface area contributed by atoms with Crippen LogP contribution < -0.4 is 4.90 Å². The van der Waals surface area contributed by atoms with E-state index in [1.807, 2.05) is 31.7 Å². The second kappa shape index (κ2) is 9.94. The number of carbonyl (C=O) groups is 2. The molecule has 3 fully saturated rings. The van der Waals surface area contributed by atoms with E-state index in [1.165, 1.54) is 12.0 Å². The van der Waals surface area contributed by atoms with Gasteiger partial charge in [-0.3, -0.25) is 9.69 Å². The van der Waals surface area contributed by atoms with E-state index >= 15 is 0 Å². The molecule has 3 aliphatic rings. The lowest BCUT2D eigenvalue weighted by Crippen LogP contribution is -2.53. The zero-order valence-corrected chi connectivity index (χ0v) is 21.4. The van der Waals surface area contributed by atoms with E-state index < -0.39 is 11.6 Å². The van der Waals surface area contributed by atoms with Gasteiger partial charge in [0.1, 0.15) is 5.60 Å². The molecule has 1 spiro atoms. The molecule has 1 amide bonds. The normalized spacial score (nSPS) is 21.8. The summed E-state index contributed by atoms with van der Waals surface area (Å²) in [6.45, 7) is 10.5. The Kier molecular flexibility index (Phi) is 7.34. The predicted octanol–water partition coefficient (Wildman–Crippen LogP) is 5.01. The van der Waals surface area contributed by atoms with Gasteiger partial charge < -0.3 is 19.6 Å². The first kappa shape index (κ1) is 25.1. The molecule has 4 rings (SSSR count). The summed E-state index contributed by atoms with van der Waals surface area (Å²) in [5.74, 6) is -0.936. The Morgan fingerprint density at radius 2 is 1.74 bits per heavy atom. The zero-order chi connectivity index (χ0) is 24.5. The molecule has 0 aromatic heterocycles. The fourth-order valence-electron chi connectivity index (χ4n) is 5.75. The maximum atomic E-state index is 12.5. The molecule has 188 valence electrons. The number of piperidine rings is 2. The highest BCUT2D eigenvalue weighted by molar-refractivity contribution is 6.30. The highest BCUT2D eigenvalue weighted by atomic mass is 35.5. The standard InChI is InChI=1S/C26H38ClN3O4/c1-25(2,3)34-24(33)29-13-8-26(9-14-29)7-4-10-30(26)18-19-15-21(27)17-22(16-19)28-11-5-20(6-12-28)23(31)32/h15-17,20H,4-14,18H2,1-3H3,(H,31,32). The van der Waals surface area contributed by atoms with Gasteiger partial charge in [-0.25, -0.2) is 4.79 Å². The van der Waals surface area contributed by atoms with Crippen molar-refractivity contribution in [1.82, 2.24) is 9.80 Å². The van der Waals surface area contributed by atoms with Gasteiger partial charge in [0, 0.05) is 49.0 Å². The van der Waals surface area contributed by atoms with Gasteiger partial charge in [-0.1, -0.05) is 11.6 Å². The van der Waals surface area contributed by atoms with E-state index in [9.17, 15) is 14.7 Å². The molecule has 0 saturated carbocycles. The number of carbonyl (C=O) groups excluding carboxylic acids is 1. The summed E-state index contributed by atoms with van der Waals surface area (Å²) in [5, 5.41) is 10.0. The van der Waals surface area contributed by atoms with Gasteiger partial charge in [0.15, 0.2) is 0 Å². The Labute approximate surface area is 208 Å². The van der Waals surface area contributed by atoms with Crippen LogP contribution >= 0.6 is 11.6 Å². The zero-order valence-electron chi connectivity index (χ0n) is 20.7. The van der Waals surface area contributed by atoms with Crippen LogP contribution in [0.2, 0.25) is 5.02 Å². The number of anilines is 1. The molecule has 34 heavy (non-hydrogen) atoms. The number of ether oxygens (including phenoxy) is 1. The number of hydrogen-bond donors (Lipinski definition) is 1. The fourth-order valence-corrected chi connectivity index (χ4v) is 6.00. The van der Waals surface area contributed by atoms with Crippen LogP contribution in [0.15, 0.2) is 18.2 Å². The fraction of sp³-hybridized carbons (Fsp3) is 0.692. The molecule has 8 heteroatoms. The van der Waals surface area contributed by atoms with Crippen molar-refractivity contribution in [1.29, 1.82) is 0 Å². The third kappa shape index (κ3) is 5.80. The third-order valence-corrected chi connectivity index (χ3v) is 7.83. The summed E-state index contributed by atoms with van der Waals surface area (Å²) in [6.07, 6.45) is 5.37. The molecule has 0 aliphatic carbocycles. The average Bonchev–Trinajstić information content (AvgIpc) is 3.14. The molecule has 3 saturated heterocycles. The smallest absolute Gasteiger partial charge is 0.410 e. The summed E-state index contributed by atoms with van der Waals surface area (Å²) in [6, 6.07) is 6.26. The van der Waals surface area contributed by atoms with Gasteiger partial charge >= 0.3 is 12.1 Å². The maximum absolute atomic E-state index is 12.5. The van der Waals surface area contributed by atoms with Gasteiger partial charge in [-0.2, -0.15) is 0 Å². The van der Waals surface area contributed by atoms with E-state index in [0.717, 1.165) is 69.2 Å². The topological polar surface area (TPSA) is 73.3 Å². The van der Waals surface area contributed by atoms with Gasteiger partial charge in [0.2, 0.25) is 0 Å². The first-order valence-corrected chi connectivity index (χ1v) is 12.9. The van der Waals surface area contributed by atoms with Crippen molar-refractivity contribution in [3.63, 3.8) is 0 Å². The van der Waals surface area contributed by atoms with E-state index in [2.05, 4.69) is 21.9 Å². The molecule has 0 unspecified atom stereocenters. The lowest BCUT2D eigenvalue weighted by molar-refractivity contribution is -0.142. The van der Waals surface area contributed by atoms with Crippen molar-refractivity contribution in [2.75, 3.05) is 37.6 Å². The molecule has 3 heterocycles. The number of aliphatic carboxylic acids is 1. The molecule has 1 aromatic carbocycles. The number of amides is 1. The van der Waals surface area contributed by atoms with Crippen molar-refractivity contribution < 1.29 is 19.4 Å². The maximum Gasteiger partial charge on any atom is 0.410 e. The van der Waals surface area contributed by atoms with Gasteiger partial charge in [0.05, 0.1) is 5.92 Å². The summed E-state index contributed by atoms with van der Waals surface area (Å²) >= 11 is 6.52. The molecule has 7 nitrogen and oxygen atoms in total. The third-order valence-electron chi connectivity index (χ3n) is 7.61. The largest absolute Gasteiger partial charge is 0.481 e. The molecular weight excluding hydrogens is 454 g/mol. The number of likely N-dealkylation sites (tertiary alicyclic amines) is 2. The summed E-state index contributed by atoms with van der Waals surface area (Å²) in [4.78, 5) is 30.5. The van der Waals surface area contributed by atoms with E-state index in [0.29, 0.717) is 12.8 Å². The second-order valence-electron chi connectivity index (χ2n) is 11.1. The molecular formula is C26H38ClN3O4. The van der Waals surface area contributed by atoms with E-state index in [1.54, 1.807) is 0 Å². The number of halogens is 1. The molecule has 0 bridgehead atoms. The Hall–Kier alpha value is -1.99. The summed E-state index contributed by atoms with van der Waals surface area (Å²) in [7, 11) is 0. The van der Waals surface area contributed by atoms with Crippen LogP contribution in [0.1, 0.15) is 64.9 Å². The van der Waals surface area contributed by atoms with Crippen LogP contribution in [0.5, 0.6) is 0 Å². The number of nitrogens with zero attached hydrogens (tertiary/aromatic N) is 3.